The van der Waals surface area contributed by atoms with Crippen LogP contribution in [-0.2, 0) is 89.8 Å². The van der Waals surface area contributed by atoms with E-state index in [-0.39, 0.29) is 105 Å². The van der Waals surface area contributed by atoms with Crippen molar-refractivity contribution in [1.29, 1.82) is 0 Å². The number of Topliss-reactive ketones (excluding diaryl/α,β-unsaturated/α-hetero) is 1. The Hall–Kier alpha value is -1.88. The maximum Gasteiger partial charge on any atom is 0.324 e. The first-order valence-electron chi connectivity index (χ1n) is 15.7. The molecule has 0 heterocycles. The number of carbonyl (C=O) groups excluding carboxylic acids is 6. The molecule has 0 spiro atoms. The predicted molar refractivity (Wildman–Crippen MR) is 204 cm³/mol. The summed E-state index contributed by atoms with van der Waals surface area (Å²) >= 11 is 0. The van der Waals surface area contributed by atoms with E-state index in [0.717, 1.165) is 16.7 Å². The zero-order valence-corrected chi connectivity index (χ0v) is 39.3. The maximum atomic E-state index is 12.9. The van der Waals surface area contributed by atoms with Crippen LogP contribution in [0.1, 0.15) is 85.9 Å². The Bertz CT molecular complexity index is 1670. The van der Waals surface area contributed by atoms with Crippen LogP contribution in [0.15, 0.2) is 72.8 Å². The Morgan fingerprint density at radius 3 is 0.925 bits per heavy atom. The largest absolute Gasteiger partial charge is 0.426 e. The van der Waals surface area contributed by atoms with E-state index < -0.39 is 39.1 Å². The molecule has 9 nitrogen and oxygen atoms in total. The van der Waals surface area contributed by atoms with E-state index in [1.54, 1.807) is 64.1 Å². The Kier molecular flexibility index (Phi) is 21.5. The number of hydrogen-bond acceptors (Lipinski definition) is 9. The third kappa shape index (κ3) is 13.7. The average Bonchev–Trinajstić information content (AvgIpc) is 3.00. The van der Waals surface area contributed by atoms with E-state index in [9.17, 15) is 28.8 Å². The molecular formula is C38H47O9P3V3. The molecule has 3 aromatic rings. The number of carbonyl (C=O) groups is 6. The van der Waals surface area contributed by atoms with Crippen LogP contribution >= 0.6 is 27.1 Å². The van der Waals surface area contributed by atoms with Gasteiger partial charge in [0.05, 0.1) is 10.3 Å². The van der Waals surface area contributed by atoms with Crippen molar-refractivity contribution in [3.05, 3.63) is 89.5 Å². The van der Waals surface area contributed by atoms with Crippen LogP contribution in [0.3, 0.4) is 0 Å². The molecule has 0 bridgehead atoms. The van der Waals surface area contributed by atoms with Crippen molar-refractivity contribution in [3.63, 3.8) is 0 Å². The monoisotopic (exact) mass is 893 g/mol. The normalized spacial score (nSPS) is 12.6. The molecule has 3 unspecified atom stereocenters. The first kappa shape index (κ1) is 53.2. The van der Waals surface area contributed by atoms with Crippen LogP contribution in [0, 0.1) is 5.41 Å². The summed E-state index contributed by atoms with van der Waals surface area (Å²) in [6.45, 7) is 16.0. The summed E-state index contributed by atoms with van der Waals surface area (Å²) in [7, 11) is -0.449. The minimum atomic E-state index is -1.30. The van der Waals surface area contributed by atoms with E-state index in [0.29, 0.717) is 11.5 Å². The minimum absolute atomic E-state index is 0. The van der Waals surface area contributed by atoms with Crippen molar-refractivity contribution in [2.75, 3.05) is 0 Å². The van der Waals surface area contributed by atoms with Crippen LogP contribution < -0.4 is 14.2 Å². The van der Waals surface area contributed by atoms with Crippen LogP contribution in [0.2, 0.25) is 0 Å². The van der Waals surface area contributed by atoms with Gasteiger partial charge in [-0.3, -0.25) is 28.8 Å². The van der Waals surface area contributed by atoms with Crippen molar-refractivity contribution >= 4 is 61.8 Å². The van der Waals surface area contributed by atoms with Gasteiger partial charge in [0.2, 0.25) is 0 Å². The quantitative estimate of drug-likeness (QED) is 0.0534. The minimum Gasteiger partial charge on any atom is -0.426 e. The van der Waals surface area contributed by atoms with Crippen molar-refractivity contribution in [2.45, 2.75) is 85.0 Å². The van der Waals surface area contributed by atoms with Crippen molar-refractivity contribution in [3.8, 4) is 17.2 Å². The number of ketones is 1. The summed E-state index contributed by atoms with van der Waals surface area (Å²) in [5, 5.41) is -1.92. The van der Waals surface area contributed by atoms with Gasteiger partial charge in [-0.25, -0.2) is 0 Å². The number of rotatable bonds is 14. The third-order valence-corrected chi connectivity index (χ3v) is 10.7. The Balaban J connectivity index is 0. The number of hydrogen-bond donors (Lipinski definition) is 0. The molecule has 0 aliphatic carbocycles. The molecule has 0 N–H and O–H groups in total. The summed E-state index contributed by atoms with van der Waals surface area (Å²) in [6, 6.07) is 21.1. The molecule has 0 aromatic heterocycles. The molecule has 53 heavy (non-hydrogen) atoms. The van der Waals surface area contributed by atoms with Crippen molar-refractivity contribution in [2.24, 2.45) is 5.41 Å². The molecule has 3 rings (SSSR count). The van der Waals surface area contributed by atoms with Crippen LogP contribution in [0.4, 0.5) is 0 Å². The zero-order valence-electron chi connectivity index (χ0n) is 31.7. The zero-order chi connectivity index (χ0) is 36.9. The van der Waals surface area contributed by atoms with E-state index >= 15 is 0 Å². The van der Waals surface area contributed by atoms with Gasteiger partial charge in [0.25, 0.3) is 0 Å². The fourth-order valence-corrected chi connectivity index (χ4v) is 6.97. The second kappa shape index (κ2) is 21.4. The van der Waals surface area contributed by atoms with Gasteiger partial charge >= 0.3 is 17.9 Å². The van der Waals surface area contributed by atoms with E-state index in [1.807, 2.05) is 43.3 Å². The summed E-state index contributed by atoms with van der Waals surface area (Å²) in [6.07, 6.45) is 0. The van der Waals surface area contributed by atoms with E-state index in [4.69, 9.17) is 14.2 Å². The smallest absolute Gasteiger partial charge is 0.324 e. The Labute approximate surface area is 355 Å². The molecule has 3 radical (unpaired) electrons. The maximum absolute atomic E-state index is 12.9. The fraction of sp³-hybridized carbons (Fsp3) is 0.368. The molecule has 15 heteroatoms. The van der Waals surface area contributed by atoms with Gasteiger partial charge in [-0.15, -0.1) is 0 Å². The van der Waals surface area contributed by atoms with Crippen LogP contribution in [0.5, 0.6) is 17.2 Å². The van der Waals surface area contributed by atoms with Crippen molar-refractivity contribution in [1.82, 2.24) is 0 Å². The first-order valence-corrected chi connectivity index (χ1v) is 17.7. The second-order valence-corrected chi connectivity index (χ2v) is 18.1. The Morgan fingerprint density at radius 1 is 0.453 bits per heavy atom. The van der Waals surface area contributed by atoms with E-state index in [1.165, 1.54) is 34.6 Å². The summed E-state index contributed by atoms with van der Waals surface area (Å²) in [5.41, 5.74) is 0.195. The van der Waals surface area contributed by atoms with Gasteiger partial charge in [-0.05, 0) is 139 Å². The van der Waals surface area contributed by atoms with Crippen LogP contribution in [-0.4, -0.2) is 45.1 Å². The van der Waals surface area contributed by atoms with Gasteiger partial charge in [-0.1, -0.05) is 36.4 Å². The third-order valence-electron chi connectivity index (χ3n) is 8.31. The molecule has 0 aliphatic rings. The molecule has 0 saturated carbocycles. The molecule has 283 valence electrons. The molecule has 0 fully saturated rings. The summed E-state index contributed by atoms with van der Waals surface area (Å²) in [5.74, 6) is -1.07. The molecule has 3 aromatic carbocycles. The molecule has 0 aliphatic heterocycles. The van der Waals surface area contributed by atoms with E-state index in [2.05, 4.69) is 0 Å². The first-order chi connectivity index (χ1) is 22.6. The fourth-order valence-electron chi connectivity index (χ4n) is 4.90. The number of benzene rings is 3. The van der Waals surface area contributed by atoms with Crippen LogP contribution in [0.25, 0.3) is 0 Å². The van der Waals surface area contributed by atoms with Gasteiger partial charge in [-0.2, -0.15) is 9.90 Å². The van der Waals surface area contributed by atoms with Gasteiger partial charge in [0.15, 0.2) is 0 Å². The summed E-state index contributed by atoms with van der Waals surface area (Å²) in [4.78, 5) is 73.7. The second-order valence-electron chi connectivity index (χ2n) is 13.7. The van der Waals surface area contributed by atoms with Gasteiger partial charge in [0.1, 0.15) is 39.5 Å². The number of esters is 3. The van der Waals surface area contributed by atoms with Gasteiger partial charge in [0, 0.05) is 61.1 Å². The molecule has 0 saturated heterocycles. The molecular weight excluding hydrogens is 846 g/mol. The summed E-state index contributed by atoms with van der Waals surface area (Å²) < 4.78 is 16.8. The SMILES string of the molecule is CC(=O)PC(C)(C)C(=O)Oc1ccc(C(C)(c2ccc(OC(=O)C(C)(C)PC(C)=O)cc2)c2ccc(OC(=O)C(C)(C)C(C)=O)cc2)cc1.P.[V].[V].[V]. The van der Waals surface area contributed by atoms with Gasteiger partial charge < -0.3 is 14.2 Å². The molecule has 3 atom stereocenters. The van der Waals surface area contributed by atoms with Crippen molar-refractivity contribution < 1.29 is 98.6 Å². The predicted octanol–water partition coefficient (Wildman–Crippen LogP) is 7.43. The average molecular weight is 894 g/mol. The Morgan fingerprint density at radius 2 is 0.698 bits per heavy atom. The number of ether oxygens (including phenoxy) is 3. The topological polar surface area (TPSA) is 130 Å². The molecule has 0 amide bonds. The standard InChI is InChI=1S/C38H44O9P2.H3P.3V/c1-23(39)35(4,5)32(42)45-29-17-11-26(12-18-29)38(10,27-13-19-30(20-14-27)46-33(43)36(6,7)48-24(2)40)28-15-21-31(22-16-28)47-34(44)37(8,9)49-25(3)41;;;;/h11-22,48-49H,1-10H3;1H3;;;.